The minimum Gasteiger partial charge on any atom is -0.478 e. The minimum atomic E-state index is -0.935. The molecular weight excluding hydrogens is 152 g/mol. The van der Waals surface area contributed by atoms with E-state index < -0.39 is 5.97 Å². The van der Waals surface area contributed by atoms with Crippen molar-refractivity contribution in [1.82, 2.24) is 0 Å². The van der Waals surface area contributed by atoms with Crippen LogP contribution in [0, 0.1) is 0 Å². The molecule has 12 heavy (non-hydrogen) atoms. The highest BCUT2D eigenvalue weighted by molar-refractivity contribution is 5.80. The van der Waals surface area contributed by atoms with Gasteiger partial charge in [-0.25, -0.2) is 4.79 Å². The van der Waals surface area contributed by atoms with Crippen LogP contribution >= 0.6 is 0 Å². The number of carboxylic acid groups (broad SMARTS) is 1. The Morgan fingerprint density at radius 1 is 1.33 bits per heavy atom. The maximum absolute atomic E-state index is 10.1. The van der Waals surface area contributed by atoms with E-state index >= 15 is 0 Å². The largest absolute Gasteiger partial charge is 0.478 e. The Kier molecular flexibility index (Phi) is 5.35. The molecule has 0 fully saturated rings. The second kappa shape index (κ2) is 6.16. The van der Waals surface area contributed by atoms with E-state index in [1.807, 2.05) is 6.92 Å². The van der Waals surface area contributed by atoms with Gasteiger partial charge in [0.15, 0.2) is 0 Å². The first-order valence-corrected chi connectivity index (χ1v) is 3.54. The Hall–Kier alpha value is -1.57. The van der Waals surface area contributed by atoms with Crippen LogP contribution in [0.25, 0.3) is 0 Å². The molecule has 0 amide bonds. The van der Waals surface area contributed by atoms with E-state index in [2.05, 4.69) is 6.58 Å². The second-order valence-electron chi connectivity index (χ2n) is 2.20. The van der Waals surface area contributed by atoms with Gasteiger partial charge in [0.05, 0.1) is 0 Å². The van der Waals surface area contributed by atoms with Crippen LogP contribution in [0.3, 0.4) is 0 Å². The van der Waals surface area contributed by atoms with Crippen LogP contribution in [0.4, 0.5) is 0 Å². The molecule has 0 atom stereocenters. The van der Waals surface area contributed by atoms with Gasteiger partial charge in [-0.3, -0.25) is 0 Å². The number of hydrogen-bond donors (Lipinski definition) is 1. The molecular formula is C10H12O2. The lowest BCUT2D eigenvalue weighted by atomic mass is 10.2. The maximum Gasteiger partial charge on any atom is 0.328 e. The van der Waals surface area contributed by atoms with Crippen molar-refractivity contribution in [2.45, 2.75) is 6.92 Å². The average molecular weight is 164 g/mol. The molecule has 1 N–H and O–H groups in total. The van der Waals surface area contributed by atoms with Gasteiger partial charge in [-0.2, -0.15) is 0 Å². The highest BCUT2D eigenvalue weighted by Gasteiger charge is 1.84. The Balaban J connectivity index is 4.10. The lowest BCUT2D eigenvalue weighted by Crippen LogP contribution is -1.85. The zero-order valence-electron chi connectivity index (χ0n) is 7.03. The standard InChI is InChI=1S/C10H12O2/c1-3-4-5-6-9(2)7-8-10(11)12/h3-8H,1H2,2H3,(H,11,12)/b5-4-,8-7+,9-6+. The molecule has 0 aliphatic carbocycles. The monoisotopic (exact) mass is 164 g/mol. The van der Waals surface area contributed by atoms with Crippen molar-refractivity contribution in [2.75, 3.05) is 0 Å². The fourth-order valence-corrected chi connectivity index (χ4v) is 0.544. The molecule has 0 aromatic carbocycles. The van der Waals surface area contributed by atoms with Crippen LogP contribution in [0.1, 0.15) is 6.92 Å². The zero-order valence-corrected chi connectivity index (χ0v) is 7.03. The molecule has 64 valence electrons. The van der Waals surface area contributed by atoms with E-state index in [0.29, 0.717) is 0 Å². The summed E-state index contributed by atoms with van der Waals surface area (Å²) in [5, 5.41) is 8.29. The third-order valence-electron chi connectivity index (χ3n) is 1.10. The molecule has 0 aromatic heterocycles. The van der Waals surface area contributed by atoms with Crippen LogP contribution in [-0.2, 0) is 4.79 Å². The van der Waals surface area contributed by atoms with Crippen molar-refractivity contribution in [3.8, 4) is 0 Å². The number of hydrogen-bond acceptors (Lipinski definition) is 1. The second-order valence-corrected chi connectivity index (χ2v) is 2.20. The molecule has 0 spiro atoms. The van der Waals surface area contributed by atoms with Crippen molar-refractivity contribution in [3.63, 3.8) is 0 Å². The SMILES string of the molecule is C=C\C=C/C=C(C)/C=C/C(=O)O. The van der Waals surface area contributed by atoms with Gasteiger partial charge in [-0.05, 0) is 6.92 Å². The van der Waals surface area contributed by atoms with Gasteiger partial charge in [0.25, 0.3) is 0 Å². The molecule has 2 heteroatoms. The van der Waals surface area contributed by atoms with Gasteiger partial charge >= 0.3 is 5.97 Å². The first-order valence-electron chi connectivity index (χ1n) is 3.54. The van der Waals surface area contributed by atoms with Crippen LogP contribution in [0.2, 0.25) is 0 Å². The van der Waals surface area contributed by atoms with Gasteiger partial charge in [-0.15, -0.1) is 0 Å². The summed E-state index contributed by atoms with van der Waals surface area (Å²) in [7, 11) is 0. The summed E-state index contributed by atoms with van der Waals surface area (Å²) in [4.78, 5) is 10.1. The predicted octanol–water partition coefficient (Wildman–Crippen LogP) is 2.32. The van der Waals surface area contributed by atoms with Gasteiger partial charge in [-0.1, -0.05) is 42.5 Å². The number of carbonyl (C=O) groups is 1. The Morgan fingerprint density at radius 3 is 2.50 bits per heavy atom. The van der Waals surface area contributed by atoms with E-state index in [0.717, 1.165) is 11.6 Å². The lowest BCUT2D eigenvalue weighted by molar-refractivity contribution is -0.131. The first kappa shape index (κ1) is 10.4. The zero-order chi connectivity index (χ0) is 9.40. The maximum atomic E-state index is 10.1. The van der Waals surface area contributed by atoms with Crippen molar-refractivity contribution >= 4 is 5.97 Å². The van der Waals surface area contributed by atoms with E-state index in [4.69, 9.17) is 5.11 Å². The van der Waals surface area contributed by atoms with E-state index in [1.165, 1.54) is 6.08 Å². The first-order chi connectivity index (χ1) is 5.66. The predicted molar refractivity (Wildman–Crippen MR) is 49.9 cm³/mol. The molecule has 0 aliphatic heterocycles. The number of carboxylic acids is 1. The molecule has 2 nitrogen and oxygen atoms in total. The normalized spacial score (nSPS) is 12.6. The molecule has 0 saturated carbocycles. The van der Waals surface area contributed by atoms with Gasteiger partial charge in [0.1, 0.15) is 0 Å². The van der Waals surface area contributed by atoms with Gasteiger partial charge < -0.3 is 5.11 Å². The number of rotatable bonds is 4. The molecule has 0 unspecified atom stereocenters. The molecule has 0 bridgehead atoms. The molecule has 0 aliphatic rings. The van der Waals surface area contributed by atoms with Gasteiger partial charge in [0.2, 0.25) is 0 Å². The molecule has 0 heterocycles. The highest BCUT2D eigenvalue weighted by Crippen LogP contribution is 1.94. The molecule has 0 rings (SSSR count). The highest BCUT2D eigenvalue weighted by atomic mass is 16.4. The topological polar surface area (TPSA) is 37.3 Å². The summed E-state index contributed by atoms with van der Waals surface area (Å²) < 4.78 is 0. The third-order valence-corrected chi connectivity index (χ3v) is 1.10. The van der Waals surface area contributed by atoms with Crippen molar-refractivity contribution < 1.29 is 9.90 Å². The van der Waals surface area contributed by atoms with Crippen molar-refractivity contribution in [3.05, 3.63) is 48.6 Å². The van der Waals surface area contributed by atoms with E-state index in [1.54, 1.807) is 24.3 Å². The summed E-state index contributed by atoms with van der Waals surface area (Å²) in [6.07, 6.45) is 9.68. The summed E-state index contributed by atoms with van der Waals surface area (Å²) in [5.74, 6) is -0.935. The fourth-order valence-electron chi connectivity index (χ4n) is 0.544. The fraction of sp³-hybridized carbons (Fsp3) is 0.100. The Bertz CT molecular complexity index is 245. The number of allylic oxidation sites excluding steroid dienone is 6. The van der Waals surface area contributed by atoms with Crippen molar-refractivity contribution in [1.29, 1.82) is 0 Å². The Labute approximate surface area is 72.2 Å². The summed E-state index contributed by atoms with van der Waals surface area (Å²) in [6, 6.07) is 0. The van der Waals surface area contributed by atoms with Crippen LogP contribution < -0.4 is 0 Å². The minimum absolute atomic E-state index is 0.885. The third kappa shape index (κ3) is 6.55. The lowest BCUT2D eigenvalue weighted by Gasteiger charge is -1.85. The van der Waals surface area contributed by atoms with Crippen LogP contribution in [-0.4, -0.2) is 11.1 Å². The summed E-state index contributed by atoms with van der Waals surface area (Å²) in [6.45, 7) is 5.33. The summed E-state index contributed by atoms with van der Waals surface area (Å²) in [5.41, 5.74) is 0.885. The number of aliphatic carboxylic acids is 1. The van der Waals surface area contributed by atoms with E-state index in [9.17, 15) is 4.79 Å². The van der Waals surface area contributed by atoms with E-state index in [-0.39, 0.29) is 0 Å². The summed E-state index contributed by atoms with van der Waals surface area (Å²) >= 11 is 0. The molecule has 0 saturated heterocycles. The Morgan fingerprint density at radius 2 is 2.00 bits per heavy atom. The smallest absolute Gasteiger partial charge is 0.328 e. The quantitative estimate of drug-likeness (QED) is 0.511. The van der Waals surface area contributed by atoms with Crippen molar-refractivity contribution in [2.24, 2.45) is 0 Å². The molecule has 0 radical (unpaired) electrons. The van der Waals surface area contributed by atoms with Gasteiger partial charge in [0, 0.05) is 6.08 Å². The molecule has 0 aromatic rings. The average Bonchev–Trinajstić information content (AvgIpc) is 2.01. The van der Waals surface area contributed by atoms with Crippen LogP contribution in [0.5, 0.6) is 0 Å². The van der Waals surface area contributed by atoms with Crippen LogP contribution in [0.15, 0.2) is 48.6 Å².